The summed E-state index contributed by atoms with van der Waals surface area (Å²) in [6.07, 6.45) is 9.04. The molecule has 1 aromatic rings. The summed E-state index contributed by atoms with van der Waals surface area (Å²) in [4.78, 5) is 27.5. The van der Waals surface area contributed by atoms with Crippen molar-refractivity contribution in [2.24, 2.45) is 29.1 Å². The number of likely N-dealkylation sites (tertiary alicyclic amines) is 1. The van der Waals surface area contributed by atoms with Crippen LogP contribution >= 0.6 is 0 Å². The van der Waals surface area contributed by atoms with E-state index in [-0.39, 0.29) is 23.1 Å². The van der Waals surface area contributed by atoms with Gasteiger partial charge >= 0.3 is 0 Å². The molecular weight excluding hydrogens is 334 g/mol. The number of hydrogen-bond acceptors (Lipinski definition) is 2. The van der Waals surface area contributed by atoms with E-state index >= 15 is 0 Å². The number of carbonyl (C=O) groups is 2. The van der Waals surface area contributed by atoms with Crippen LogP contribution in [0.15, 0.2) is 18.2 Å². The number of imide groups is 1. The fourth-order valence-electron chi connectivity index (χ4n) is 7.37. The summed E-state index contributed by atoms with van der Waals surface area (Å²) >= 11 is 0. The fraction of sp³-hybridized carbons (Fsp3) is 0.667. The van der Waals surface area contributed by atoms with Crippen molar-refractivity contribution in [3.05, 3.63) is 34.9 Å². The molecule has 4 bridgehead atoms. The number of carbonyl (C=O) groups excluding carboxylic acids is 2. The normalized spacial score (nSPS) is 37.5. The van der Waals surface area contributed by atoms with Gasteiger partial charge in [-0.05, 0) is 87.5 Å². The highest BCUT2D eigenvalue weighted by molar-refractivity contribution is 6.03. The van der Waals surface area contributed by atoms with Crippen molar-refractivity contribution >= 4 is 11.8 Å². The molecule has 1 heterocycles. The third-order valence-electron chi connectivity index (χ3n) is 7.76. The molecule has 3 nitrogen and oxygen atoms in total. The first-order chi connectivity index (χ1) is 12.9. The van der Waals surface area contributed by atoms with E-state index in [2.05, 4.69) is 32.0 Å². The summed E-state index contributed by atoms with van der Waals surface area (Å²) in [7, 11) is 0. The largest absolute Gasteiger partial charge is 0.282 e. The number of aryl methyl sites for hydroxylation is 2. The first kappa shape index (κ1) is 17.5. The van der Waals surface area contributed by atoms with Crippen LogP contribution in [-0.4, -0.2) is 23.3 Å². The van der Waals surface area contributed by atoms with E-state index in [0.717, 1.165) is 17.8 Å². The van der Waals surface area contributed by atoms with Crippen molar-refractivity contribution in [3.63, 3.8) is 0 Å². The monoisotopic (exact) mass is 365 g/mol. The Balaban J connectivity index is 1.31. The Kier molecular flexibility index (Phi) is 4.00. The van der Waals surface area contributed by atoms with Crippen molar-refractivity contribution in [2.45, 2.75) is 65.2 Å². The molecule has 1 aromatic carbocycles. The third kappa shape index (κ3) is 3.13. The molecule has 0 spiro atoms. The molecule has 0 radical (unpaired) electrons. The Bertz CT molecular complexity index is 740. The predicted molar refractivity (Wildman–Crippen MR) is 105 cm³/mol. The van der Waals surface area contributed by atoms with Gasteiger partial charge in [-0.15, -0.1) is 0 Å². The molecule has 0 unspecified atom stereocenters. The van der Waals surface area contributed by atoms with Crippen molar-refractivity contribution in [1.82, 2.24) is 4.90 Å². The Morgan fingerprint density at radius 1 is 0.926 bits per heavy atom. The molecular formula is C24H31NO2. The van der Waals surface area contributed by atoms with Crippen LogP contribution in [0.3, 0.4) is 0 Å². The molecule has 144 valence electrons. The van der Waals surface area contributed by atoms with Crippen molar-refractivity contribution < 1.29 is 9.59 Å². The van der Waals surface area contributed by atoms with Crippen LogP contribution in [0.2, 0.25) is 0 Å². The van der Waals surface area contributed by atoms with Gasteiger partial charge < -0.3 is 0 Å². The number of amides is 2. The van der Waals surface area contributed by atoms with Gasteiger partial charge in [0.25, 0.3) is 0 Å². The lowest BCUT2D eigenvalue weighted by Crippen LogP contribution is -2.52. The third-order valence-corrected chi connectivity index (χ3v) is 7.76. The summed E-state index contributed by atoms with van der Waals surface area (Å²) in [5.74, 6) is 2.58. The van der Waals surface area contributed by atoms with E-state index in [1.54, 1.807) is 4.90 Å². The number of benzene rings is 1. The minimum absolute atomic E-state index is 0.0742. The molecule has 6 rings (SSSR count). The Morgan fingerprint density at radius 2 is 1.48 bits per heavy atom. The molecule has 2 amide bonds. The van der Waals surface area contributed by atoms with Crippen LogP contribution in [0.25, 0.3) is 0 Å². The first-order valence-electron chi connectivity index (χ1n) is 10.8. The molecule has 5 fully saturated rings. The Hall–Kier alpha value is -1.64. The van der Waals surface area contributed by atoms with Gasteiger partial charge in [-0.2, -0.15) is 0 Å². The van der Waals surface area contributed by atoms with Gasteiger partial charge in [0.2, 0.25) is 11.8 Å². The van der Waals surface area contributed by atoms with Crippen LogP contribution in [0.5, 0.6) is 0 Å². The van der Waals surface area contributed by atoms with Gasteiger partial charge in [-0.25, -0.2) is 0 Å². The Morgan fingerprint density at radius 3 is 2.04 bits per heavy atom. The van der Waals surface area contributed by atoms with Gasteiger partial charge in [-0.3, -0.25) is 14.5 Å². The van der Waals surface area contributed by atoms with Crippen molar-refractivity contribution in [3.8, 4) is 0 Å². The van der Waals surface area contributed by atoms with Crippen LogP contribution in [-0.2, 0) is 16.0 Å². The summed E-state index contributed by atoms with van der Waals surface area (Å²) in [5, 5.41) is 0. The number of nitrogens with zero attached hydrogens (tertiary/aromatic N) is 1. The second-order valence-electron chi connectivity index (χ2n) is 10.3. The van der Waals surface area contributed by atoms with Crippen molar-refractivity contribution in [1.29, 1.82) is 0 Å². The second-order valence-corrected chi connectivity index (χ2v) is 10.3. The van der Waals surface area contributed by atoms with Crippen molar-refractivity contribution in [2.75, 3.05) is 6.54 Å². The van der Waals surface area contributed by atoms with Gasteiger partial charge in [0.1, 0.15) is 0 Å². The van der Waals surface area contributed by atoms with E-state index < -0.39 is 0 Å². The molecule has 4 aliphatic carbocycles. The van der Waals surface area contributed by atoms with Gasteiger partial charge in [-0.1, -0.05) is 29.3 Å². The maximum absolute atomic E-state index is 13.1. The molecule has 3 heteroatoms. The molecule has 1 aliphatic heterocycles. The standard InChI is InChI=1S/C24H31NO2/c1-15-3-16(2)5-17(4-15)9-21-10-22(26)25(23(21)27)14-24-11-18-6-19(12-24)8-20(7-18)13-24/h3-5,18-21H,6-14H2,1-2H3/t18?,19?,20?,21-,24?/m0/s1. The smallest absolute Gasteiger partial charge is 0.233 e. The Labute approximate surface area is 162 Å². The minimum atomic E-state index is -0.160. The zero-order chi connectivity index (χ0) is 18.8. The first-order valence-corrected chi connectivity index (χ1v) is 10.8. The quantitative estimate of drug-likeness (QED) is 0.740. The fourth-order valence-corrected chi connectivity index (χ4v) is 7.37. The SMILES string of the molecule is Cc1cc(C)cc(C[C@H]2CC(=O)N(CC34CC5CC(CC(C5)C3)C4)C2=O)c1. The molecule has 1 atom stereocenters. The summed E-state index contributed by atoms with van der Waals surface area (Å²) in [6, 6.07) is 6.48. The van der Waals surface area contributed by atoms with Gasteiger partial charge in [0.15, 0.2) is 0 Å². The zero-order valence-electron chi connectivity index (χ0n) is 16.7. The summed E-state index contributed by atoms with van der Waals surface area (Å²) in [6.45, 7) is 4.90. The maximum atomic E-state index is 13.1. The maximum Gasteiger partial charge on any atom is 0.233 e. The summed E-state index contributed by atoms with van der Waals surface area (Å²) < 4.78 is 0. The lowest BCUT2D eigenvalue weighted by atomic mass is 9.49. The highest BCUT2D eigenvalue weighted by Gasteiger charge is 2.53. The lowest BCUT2D eigenvalue weighted by Gasteiger charge is -2.57. The number of hydrogen-bond donors (Lipinski definition) is 0. The highest BCUT2D eigenvalue weighted by atomic mass is 16.2. The minimum Gasteiger partial charge on any atom is -0.282 e. The van der Waals surface area contributed by atoms with Crippen LogP contribution in [0.1, 0.15) is 61.6 Å². The topological polar surface area (TPSA) is 37.4 Å². The van der Waals surface area contributed by atoms with Crippen LogP contribution in [0, 0.1) is 42.9 Å². The van der Waals surface area contributed by atoms with E-state index in [1.165, 1.54) is 55.2 Å². The predicted octanol–water partition coefficient (Wildman–Crippen LogP) is 4.44. The second kappa shape index (κ2) is 6.18. The van der Waals surface area contributed by atoms with Crippen LogP contribution < -0.4 is 0 Å². The molecule has 4 saturated carbocycles. The molecule has 27 heavy (non-hydrogen) atoms. The molecule has 5 aliphatic rings. The average Bonchev–Trinajstić information content (AvgIpc) is 2.80. The lowest BCUT2D eigenvalue weighted by molar-refractivity contribution is -0.145. The van der Waals surface area contributed by atoms with Crippen LogP contribution in [0.4, 0.5) is 0 Å². The number of rotatable bonds is 4. The summed E-state index contributed by atoms with van der Waals surface area (Å²) in [5.41, 5.74) is 3.89. The average molecular weight is 366 g/mol. The van der Waals surface area contributed by atoms with E-state index in [9.17, 15) is 9.59 Å². The van der Waals surface area contributed by atoms with E-state index in [4.69, 9.17) is 0 Å². The molecule has 0 N–H and O–H groups in total. The molecule has 1 saturated heterocycles. The molecule has 0 aromatic heterocycles. The highest BCUT2D eigenvalue weighted by Crippen LogP contribution is 2.60. The van der Waals surface area contributed by atoms with Gasteiger partial charge in [0, 0.05) is 13.0 Å². The van der Waals surface area contributed by atoms with E-state index in [0.29, 0.717) is 19.4 Å². The van der Waals surface area contributed by atoms with Gasteiger partial charge in [0.05, 0.1) is 5.92 Å². The zero-order valence-corrected chi connectivity index (χ0v) is 16.7. The van der Waals surface area contributed by atoms with E-state index in [1.807, 2.05) is 0 Å².